The average Bonchev–Trinajstić information content (AvgIpc) is 3.19. The molecule has 27 heavy (non-hydrogen) atoms. The molecule has 142 valence electrons. The topological polar surface area (TPSA) is 119 Å². The van der Waals surface area contributed by atoms with Gasteiger partial charge in [0.25, 0.3) is 0 Å². The molecule has 0 amide bonds. The van der Waals surface area contributed by atoms with Crippen molar-refractivity contribution in [2.75, 3.05) is 11.5 Å². The van der Waals surface area contributed by atoms with E-state index in [-0.39, 0.29) is 5.82 Å². The van der Waals surface area contributed by atoms with Gasteiger partial charge in [0.15, 0.2) is 17.7 Å². The molecule has 2 aromatic heterocycles. The summed E-state index contributed by atoms with van der Waals surface area (Å²) in [6.07, 6.45) is -0.499. The van der Waals surface area contributed by atoms with E-state index >= 15 is 0 Å². The first kappa shape index (κ1) is 18.2. The molecule has 8 nitrogen and oxygen atoms in total. The van der Waals surface area contributed by atoms with E-state index in [0.717, 1.165) is 5.75 Å². The number of nitrogens with zero attached hydrogens (tertiary/aromatic N) is 4. The molecule has 4 atom stereocenters. The molecular weight excluding hydrogens is 366 g/mol. The lowest BCUT2D eigenvalue weighted by molar-refractivity contribution is -0.0289. The Balaban J connectivity index is 1.45. The summed E-state index contributed by atoms with van der Waals surface area (Å²) in [6, 6.07) is 8.30. The molecule has 0 aliphatic carbocycles. The average molecular weight is 387 g/mol. The van der Waals surface area contributed by atoms with Gasteiger partial charge in [-0.05, 0) is 12.5 Å². The number of rotatable bonds is 5. The molecule has 4 N–H and O–H groups in total. The number of ether oxygens (including phenoxy) is 1. The van der Waals surface area contributed by atoms with Crippen LogP contribution in [0.4, 0.5) is 5.82 Å². The van der Waals surface area contributed by atoms with Crippen LogP contribution >= 0.6 is 11.8 Å². The summed E-state index contributed by atoms with van der Waals surface area (Å²) in [7, 11) is 0. The highest BCUT2D eigenvalue weighted by Crippen LogP contribution is 2.33. The van der Waals surface area contributed by atoms with Gasteiger partial charge in [-0.3, -0.25) is 4.57 Å². The number of nitrogen functional groups attached to an aromatic ring is 1. The van der Waals surface area contributed by atoms with Crippen LogP contribution in [0, 0.1) is 6.92 Å². The van der Waals surface area contributed by atoms with E-state index in [9.17, 15) is 10.2 Å². The van der Waals surface area contributed by atoms with Crippen molar-refractivity contribution in [3.63, 3.8) is 0 Å². The molecule has 1 aromatic carbocycles. The first-order valence-electron chi connectivity index (χ1n) is 8.62. The monoisotopic (exact) mass is 387 g/mol. The Labute approximate surface area is 160 Å². The predicted molar refractivity (Wildman–Crippen MR) is 103 cm³/mol. The van der Waals surface area contributed by atoms with Gasteiger partial charge in [-0.15, -0.1) is 0 Å². The number of anilines is 1. The van der Waals surface area contributed by atoms with E-state index in [1.165, 1.54) is 23.8 Å². The number of nitrogens with two attached hydrogens (primary N) is 1. The molecule has 0 spiro atoms. The molecule has 0 saturated carbocycles. The van der Waals surface area contributed by atoms with Crippen LogP contribution in [0.3, 0.4) is 0 Å². The van der Waals surface area contributed by atoms with Crippen molar-refractivity contribution in [3.8, 4) is 0 Å². The van der Waals surface area contributed by atoms with Gasteiger partial charge in [0.1, 0.15) is 24.1 Å². The Morgan fingerprint density at radius 3 is 2.89 bits per heavy atom. The van der Waals surface area contributed by atoms with Crippen molar-refractivity contribution in [2.24, 2.45) is 0 Å². The fourth-order valence-electron chi connectivity index (χ4n) is 3.25. The minimum absolute atomic E-state index is 0.261. The molecule has 1 saturated heterocycles. The number of thioether (sulfide) groups is 1. The van der Waals surface area contributed by atoms with Crippen LogP contribution in [0.2, 0.25) is 0 Å². The molecule has 9 heteroatoms. The van der Waals surface area contributed by atoms with Crippen molar-refractivity contribution in [2.45, 2.75) is 37.2 Å². The van der Waals surface area contributed by atoms with E-state index in [1.54, 1.807) is 16.3 Å². The number of fused-ring (bicyclic) bond motifs is 1. The molecular formula is C18H21N5O3S. The minimum atomic E-state index is -1.08. The number of hydrogen-bond acceptors (Lipinski definition) is 8. The van der Waals surface area contributed by atoms with Crippen molar-refractivity contribution in [1.82, 2.24) is 19.5 Å². The predicted octanol–water partition coefficient (Wildman–Crippen LogP) is 1.27. The van der Waals surface area contributed by atoms with Crippen LogP contribution in [0.15, 0.2) is 36.9 Å². The first-order chi connectivity index (χ1) is 13.0. The molecule has 3 aromatic rings. The Hall–Kier alpha value is -2.20. The summed E-state index contributed by atoms with van der Waals surface area (Å²) in [5, 5.41) is 20.9. The quantitative estimate of drug-likeness (QED) is 0.599. The SMILES string of the molecule is Cc1cccc(CSC[C@H]2O[C@@H](n3cnc4c(N)ncnc43)[C@H](O)[C@@H]2O)c1. The Morgan fingerprint density at radius 2 is 2.07 bits per heavy atom. The molecule has 1 fully saturated rings. The maximum atomic E-state index is 10.5. The molecule has 1 aliphatic heterocycles. The zero-order valence-electron chi connectivity index (χ0n) is 14.8. The number of aromatic nitrogens is 4. The molecule has 1 aliphatic rings. The van der Waals surface area contributed by atoms with Crippen molar-refractivity contribution in [3.05, 3.63) is 48.0 Å². The summed E-state index contributed by atoms with van der Waals surface area (Å²) in [6.45, 7) is 2.06. The maximum Gasteiger partial charge on any atom is 0.167 e. The minimum Gasteiger partial charge on any atom is -0.387 e. The van der Waals surface area contributed by atoms with Gasteiger partial charge in [-0.2, -0.15) is 11.8 Å². The van der Waals surface area contributed by atoms with Crippen LogP contribution in [0.1, 0.15) is 17.4 Å². The fraction of sp³-hybridized carbons (Fsp3) is 0.389. The second-order valence-electron chi connectivity index (χ2n) is 6.63. The van der Waals surface area contributed by atoms with Gasteiger partial charge < -0.3 is 20.7 Å². The van der Waals surface area contributed by atoms with Crippen LogP contribution in [0.25, 0.3) is 11.2 Å². The van der Waals surface area contributed by atoms with E-state index in [2.05, 4.69) is 40.1 Å². The Kier molecular flexibility index (Phi) is 5.00. The van der Waals surface area contributed by atoms with Gasteiger partial charge in [0.05, 0.1) is 12.4 Å². The summed E-state index contributed by atoms with van der Waals surface area (Å²) < 4.78 is 7.53. The normalized spacial score (nSPS) is 25.3. The number of aliphatic hydroxyl groups excluding tert-OH is 2. The van der Waals surface area contributed by atoms with Gasteiger partial charge in [-0.1, -0.05) is 29.8 Å². The van der Waals surface area contributed by atoms with Gasteiger partial charge in [-0.25, -0.2) is 15.0 Å². The number of hydrogen-bond donors (Lipinski definition) is 3. The standard InChI is InChI=1S/C18H21N5O3S/c1-10-3-2-4-11(5-10)6-27-7-12-14(24)15(25)18(26-12)23-9-22-13-16(19)20-8-21-17(13)23/h2-5,8-9,12,14-15,18,24-25H,6-7H2,1H3,(H2,19,20,21)/t12-,14-,15-,18-/m1/s1. The zero-order valence-corrected chi connectivity index (χ0v) is 15.6. The van der Waals surface area contributed by atoms with Gasteiger partial charge >= 0.3 is 0 Å². The summed E-state index contributed by atoms with van der Waals surface area (Å²) in [4.78, 5) is 12.3. The lowest BCUT2D eigenvalue weighted by Gasteiger charge is -2.16. The van der Waals surface area contributed by atoms with Crippen molar-refractivity contribution < 1.29 is 14.9 Å². The number of aryl methyl sites for hydroxylation is 1. The second-order valence-corrected chi connectivity index (χ2v) is 7.66. The highest BCUT2D eigenvalue weighted by atomic mass is 32.2. The first-order valence-corrected chi connectivity index (χ1v) is 9.78. The fourth-order valence-corrected chi connectivity index (χ4v) is 4.29. The molecule has 0 unspecified atom stereocenters. The largest absolute Gasteiger partial charge is 0.387 e. The lowest BCUT2D eigenvalue weighted by atomic mass is 10.1. The summed E-state index contributed by atoms with van der Waals surface area (Å²) in [5.41, 5.74) is 9.15. The van der Waals surface area contributed by atoms with Crippen molar-refractivity contribution in [1.29, 1.82) is 0 Å². The van der Waals surface area contributed by atoms with Crippen LogP contribution in [-0.2, 0) is 10.5 Å². The third-order valence-electron chi connectivity index (χ3n) is 4.63. The molecule has 0 bridgehead atoms. The lowest BCUT2D eigenvalue weighted by Crippen LogP contribution is -2.32. The van der Waals surface area contributed by atoms with Gasteiger partial charge in [0.2, 0.25) is 0 Å². The van der Waals surface area contributed by atoms with E-state index in [1.807, 2.05) is 6.07 Å². The zero-order chi connectivity index (χ0) is 19.0. The van der Waals surface area contributed by atoms with Crippen LogP contribution < -0.4 is 5.73 Å². The molecule has 0 radical (unpaired) electrons. The second kappa shape index (κ2) is 7.43. The van der Waals surface area contributed by atoms with E-state index in [0.29, 0.717) is 16.9 Å². The third-order valence-corrected chi connectivity index (χ3v) is 5.73. The smallest absolute Gasteiger partial charge is 0.167 e. The Bertz CT molecular complexity index is 950. The Morgan fingerprint density at radius 1 is 1.22 bits per heavy atom. The van der Waals surface area contributed by atoms with Gasteiger partial charge in [0, 0.05) is 11.5 Å². The number of aliphatic hydroxyl groups is 2. The number of benzene rings is 1. The maximum absolute atomic E-state index is 10.5. The summed E-state index contributed by atoms with van der Waals surface area (Å²) in [5.74, 6) is 1.64. The highest BCUT2D eigenvalue weighted by molar-refractivity contribution is 7.98. The number of imidazole rings is 1. The highest BCUT2D eigenvalue weighted by Gasteiger charge is 2.44. The van der Waals surface area contributed by atoms with E-state index in [4.69, 9.17) is 10.5 Å². The van der Waals surface area contributed by atoms with Crippen LogP contribution in [-0.4, -0.2) is 53.8 Å². The van der Waals surface area contributed by atoms with Crippen LogP contribution in [0.5, 0.6) is 0 Å². The van der Waals surface area contributed by atoms with Crippen molar-refractivity contribution >= 4 is 28.7 Å². The molecule has 4 rings (SSSR count). The third kappa shape index (κ3) is 3.51. The summed E-state index contributed by atoms with van der Waals surface area (Å²) >= 11 is 1.66. The molecule has 3 heterocycles. The van der Waals surface area contributed by atoms with E-state index < -0.39 is 24.5 Å².